The molecule has 156 valence electrons. The number of nitrogens with zero attached hydrogens (tertiary/aromatic N) is 1. The van der Waals surface area contributed by atoms with E-state index in [1.807, 2.05) is 13.8 Å². The third-order valence-corrected chi connectivity index (χ3v) is 4.70. The van der Waals surface area contributed by atoms with Gasteiger partial charge in [-0.05, 0) is 44.2 Å². The monoisotopic (exact) mass is 423 g/mol. The van der Waals surface area contributed by atoms with E-state index < -0.39 is 17.7 Å². The van der Waals surface area contributed by atoms with Gasteiger partial charge in [-0.25, -0.2) is 8.78 Å². The van der Waals surface area contributed by atoms with Gasteiger partial charge in [-0.1, -0.05) is 30.7 Å². The zero-order valence-electron chi connectivity index (χ0n) is 16.6. The average Bonchev–Trinajstić information content (AvgIpc) is 2.63. The Balaban J connectivity index is 1.91. The molecule has 0 spiro atoms. The van der Waals surface area contributed by atoms with Crippen LogP contribution >= 0.6 is 11.6 Å². The largest absolute Gasteiger partial charge is 0.348 e. The Bertz CT molecular complexity index is 892. The van der Waals surface area contributed by atoms with Crippen molar-refractivity contribution in [2.24, 2.45) is 0 Å². The summed E-state index contributed by atoms with van der Waals surface area (Å²) in [6, 6.07) is 7.79. The van der Waals surface area contributed by atoms with Crippen LogP contribution in [0, 0.1) is 18.6 Å². The number of likely N-dealkylation sites (N-methyl/N-ethyl adjacent to an activating group) is 1. The quantitative estimate of drug-likeness (QED) is 0.673. The predicted molar refractivity (Wildman–Crippen MR) is 110 cm³/mol. The van der Waals surface area contributed by atoms with Crippen LogP contribution in [0.2, 0.25) is 5.02 Å². The Kier molecular flexibility index (Phi) is 8.10. The van der Waals surface area contributed by atoms with Crippen molar-refractivity contribution >= 4 is 29.1 Å². The van der Waals surface area contributed by atoms with Gasteiger partial charge in [-0.2, -0.15) is 0 Å². The molecule has 2 aromatic rings. The number of anilines is 1. The van der Waals surface area contributed by atoms with Crippen molar-refractivity contribution in [1.82, 2.24) is 10.2 Å². The van der Waals surface area contributed by atoms with Crippen LogP contribution in [0.25, 0.3) is 0 Å². The molecule has 0 aliphatic rings. The Morgan fingerprint density at radius 2 is 1.79 bits per heavy atom. The number of rotatable bonds is 8. The maximum atomic E-state index is 13.9. The molecule has 0 aromatic heterocycles. The average molecular weight is 424 g/mol. The number of carbonyl (C=O) groups excluding carboxylic acids is 2. The molecule has 0 heterocycles. The van der Waals surface area contributed by atoms with Crippen molar-refractivity contribution in [3.63, 3.8) is 0 Å². The van der Waals surface area contributed by atoms with Gasteiger partial charge < -0.3 is 10.6 Å². The molecule has 0 saturated carbocycles. The van der Waals surface area contributed by atoms with Crippen LogP contribution in [-0.4, -0.2) is 36.3 Å². The van der Waals surface area contributed by atoms with Crippen molar-refractivity contribution in [1.29, 1.82) is 0 Å². The van der Waals surface area contributed by atoms with E-state index in [0.717, 1.165) is 17.7 Å². The van der Waals surface area contributed by atoms with Gasteiger partial charge in [0.2, 0.25) is 11.8 Å². The summed E-state index contributed by atoms with van der Waals surface area (Å²) in [5.41, 5.74) is 1.68. The van der Waals surface area contributed by atoms with Crippen molar-refractivity contribution in [3.8, 4) is 0 Å². The molecule has 0 fully saturated rings. The van der Waals surface area contributed by atoms with Crippen molar-refractivity contribution in [2.75, 3.05) is 25.0 Å². The van der Waals surface area contributed by atoms with Crippen LogP contribution in [0.5, 0.6) is 0 Å². The van der Waals surface area contributed by atoms with E-state index >= 15 is 0 Å². The van der Waals surface area contributed by atoms with Gasteiger partial charge in [0, 0.05) is 22.3 Å². The van der Waals surface area contributed by atoms with Gasteiger partial charge in [0.1, 0.15) is 11.6 Å². The van der Waals surface area contributed by atoms with Gasteiger partial charge in [-0.15, -0.1) is 0 Å². The van der Waals surface area contributed by atoms with E-state index in [9.17, 15) is 18.4 Å². The predicted octanol–water partition coefficient (Wildman–Crippen LogP) is 4.06. The number of amides is 2. The number of hydrogen-bond acceptors (Lipinski definition) is 3. The molecule has 0 bridgehead atoms. The Morgan fingerprint density at radius 1 is 1.10 bits per heavy atom. The molecule has 0 unspecified atom stereocenters. The second-order valence-corrected chi connectivity index (χ2v) is 7.20. The summed E-state index contributed by atoms with van der Waals surface area (Å²) in [5, 5.41) is 5.97. The van der Waals surface area contributed by atoms with Crippen LogP contribution < -0.4 is 10.6 Å². The van der Waals surface area contributed by atoms with E-state index in [1.54, 1.807) is 30.0 Å². The maximum Gasteiger partial charge on any atom is 0.238 e. The zero-order valence-corrected chi connectivity index (χ0v) is 17.3. The molecule has 29 heavy (non-hydrogen) atoms. The third-order valence-electron chi connectivity index (χ3n) is 4.46. The number of nitrogens with one attached hydrogen (secondary N) is 2. The second kappa shape index (κ2) is 10.3. The molecule has 2 amide bonds. The van der Waals surface area contributed by atoms with Crippen molar-refractivity contribution in [2.45, 2.75) is 26.8 Å². The van der Waals surface area contributed by atoms with Crippen LogP contribution in [-0.2, 0) is 9.59 Å². The third kappa shape index (κ3) is 6.80. The van der Waals surface area contributed by atoms with E-state index in [0.29, 0.717) is 17.3 Å². The van der Waals surface area contributed by atoms with Crippen molar-refractivity contribution < 1.29 is 18.4 Å². The van der Waals surface area contributed by atoms with E-state index in [-0.39, 0.29) is 30.5 Å². The fourth-order valence-electron chi connectivity index (χ4n) is 2.82. The smallest absolute Gasteiger partial charge is 0.238 e. The van der Waals surface area contributed by atoms with Crippen LogP contribution in [0.3, 0.4) is 0 Å². The number of hydrogen-bond donors (Lipinski definition) is 2. The summed E-state index contributed by atoms with van der Waals surface area (Å²) >= 11 is 5.96. The number of benzene rings is 2. The maximum absolute atomic E-state index is 13.9. The van der Waals surface area contributed by atoms with E-state index in [2.05, 4.69) is 10.6 Å². The van der Waals surface area contributed by atoms with Crippen LogP contribution in [0.1, 0.15) is 31.0 Å². The lowest BCUT2D eigenvalue weighted by Crippen LogP contribution is -2.41. The molecule has 8 heteroatoms. The molecule has 1 atom stereocenters. The SMILES string of the molecule is CCN(CC(=O)Nc1cc(Cl)ccc1C)CC(=O)N[C@@H](C)c1ccc(F)cc1F. The lowest BCUT2D eigenvalue weighted by Gasteiger charge is -2.21. The topological polar surface area (TPSA) is 61.4 Å². The normalized spacial score (nSPS) is 12.0. The fourth-order valence-corrected chi connectivity index (χ4v) is 2.99. The van der Waals surface area contributed by atoms with Gasteiger partial charge in [-0.3, -0.25) is 14.5 Å². The minimum atomic E-state index is -0.721. The number of halogens is 3. The highest BCUT2D eigenvalue weighted by molar-refractivity contribution is 6.31. The van der Waals surface area contributed by atoms with Crippen LogP contribution in [0.4, 0.5) is 14.5 Å². The van der Waals surface area contributed by atoms with Gasteiger partial charge in [0.15, 0.2) is 0 Å². The first-order valence-corrected chi connectivity index (χ1v) is 9.60. The second-order valence-electron chi connectivity index (χ2n) is 6.77. The Hall–Kier alpha value is -2.51. The van der Waals surface area contributed by atoms with Gasteiger partial charge in [0.25, 0.3) is 0 Å². The fraction of sp³-hybridized carbons (Fsp3) is 0.333. The minimum absolute atomic E-state index is 0.00909. The lowest BCUT2D eigenvalue weighted by atomic mass is 10.1. The van der Waals surface area contributed by atoms with Gasteiger partial charge in [0.05, 0.1) is 19.1 Å². The minimum Gasteiger partial charge on any atom is -0.348 e. The first kappa shape index (κ1) is 22.8. The van der Waals surface area contributed by atoms with E-state index in [1.165, 1.54) is 6.07 Å². The number of carbonyl (C=O) groups is 2. The Morgan fingerprint density at radius 3 is 2.45 bits per heavy atom. The summed E-state index contributed by atoms with van der Waals surface area (Å²) in [4.78, 5) is 26.3. The van der Waals surface area contributed by atoms with Gasteiger partial charge >= 0.3 is 0 Å². The molecule has 5 nitrogen and oxygen atoms in total. The highest BCUT2D eigenvalue weighted by Gasteiger charge is 2.18. The molecule has 0 saturated heterocycles. The summed E-state index contributed by atoms with van der Waals surface area (Å²) in [5.74, 6) is -2.04. The summed E-state index contributed by atoms with van der Waals surface area (Å²) in [6.45, 7) is 5.73. The highest BCUT2D eigenvalue weighted by atomic mass is 35.5. The first-order chi connectivity index (χ1) is 13.7. The molecule has 0 radical (unpaired) electrons. The molecule has 0 aliphatic carbocycles. The zero-order chi connectivity index (χ0) is 21.6. The first-order valence-electron chi connectivity index (χ1n) is 9.22. The lowest BCUT2D eigenvalue weighted by molar-refractivity contribution is -0.123. The number of aryl methyl sites for hydroxylation is 1. The molecule has 0 aliphatic heterocycles. The molecule has 2 rings (SSSR count). The molecule has 2 N–H and O–H groups in total. The summed E-state index contributed by atoms with van der Waals surface area (Å²) in [6.07, 6.45) is 0. The highest BCUT2D eigenvalue weighted by Crippen LogP contribution is 2.20. The molecular formula is C21H24ClF2N3O2. The Labute approximate surface area is 174 Å². The molecular weight excluding hydrogens is 400 g/mol. The van der Waals surface area contributed by atoms with E-state index in [4.69, 9.17) is 11.6 Å². The molecule has 2 aromatic carbocycles. The summed E-state index contributed by atoms with van der Waals surface area (Å²) < 4.78 is 26.9. The van der Waals surface area contributed by atoms with Crippen molar-refractivity contribution in [3.05, 3.63) is 64.2 Å². The van der Waals surface area contributed by atoms with Crippen LogP contribution in [0.15, 0.2) is 36.4 Å². The summed E-state index contributed by atoms with van der Waals surface area (Å²) in [7, 11) is 0. The standard InChI is InChI=1S/C21H24ClF2N3O2/c1-4-27(12-21(29)26-19-9-15(22)6-5-13(19)2)11-20(28)25-14(3)17-8-7-16(23)10-18(17)24/h5-10,14H,4,11-12H2,1-3H3,(H,25,28)(H,26,29)/t14-/m0/s1.